The van der Waals surface area contributed by atoms with Gasteiger partial charge in [-0.1, -0.05) is 0 Å². The number of benzene rings is 1. The number of nitrogen functional groups attached to an aromatic ring is 2. The van der Waals surface area contributed by atoms with Crippen LogP contribution < -0.4 is 16.2 Å². The third kappa shape index (κ3) is 2.45. The zero-order chi connectivity index (χ0) is 12.3. The highest BCUT2D eigenvalue weighted by atomic mass is 16.5. The van der Waals surface area contributed by atoms with Crippen LogP contribution in [0.5, 0.6) is 5.75 Å². The molecule has 17 heavy (non-hydrogen) atoms. The van der Waals surface area contributed by atoms with Gasteiger partial charge in [-0.2, -0.15) is 5.10 Å². The predicted octanol–water partition coefficient (Wildman–Crippen LogP) is 0.0815. The van der Waals surface area contributed by atoms with Crippen LogP contribution in [0.25, 0.3) is 0 Å². The van der Waals surface area contributed by atoms with E-state index in [1.54, 1.807) is 18.2 Å². The summed E-state index contributed by atoms with van der Waals surface area (Å²) >= 11 is 0. The molecule has 7 heteroatoms. The Bertz CT molecular complexity index is 485. The molecular weight excluding hydrogens is 222 g/mol. The maximum atomic E-state index is 9.23. The third-order valence-electron chi connectivity index (χ3n) is 2.21. The van der Waals surface area contributed by atoms with Gasteiger partial charge in [0.1, 0.15) is 12.1 Å². The summed E-state index contributed by atoms with van der Waals surface area (Å²) in [5.74, 6) is 0.873. The molecule has 7 nitrogen and oxygen atoms in total. The first-order chi connectivity index (χ1) is 8.20. The molecule has 0 aliphatic heterocycles. The lowest BCUT2D eigenvalue weighted by Crippen LogP contribution is -2.14. The number of aromatic amines is 1. The second-order valence-electron chi connectivity index (χ2n) is 3.46. The molecule has 0 amide bonds. The molecule has 0 saturated carbocycles. The minimum Gasteiger partial charge on any atom is -0.478 e. The van der Waals surface area contributed by atoms with Crippen molar-refractivity contribution in [1.82, 2.24) is 15.2 Å². The van der Waals surface area contributed by atoms with Crippen molar-refractivity contribution in [2.45, 2.75) is 6.10 Å². The Morgan fingerprint density at radius 1 is 1.41 bits per heavy atom. The van der Waals surface area contributed by atoms with E-state index in [0.29, 0.717) is 22.9 Å². The summed E-state index contributed by atoms with van der Waals surface area (Å²) in [4.78, 5) is 3.91. The maximum absolute atomic E-state index is 9.23. The van der Waals surface area contributed by atoms with Gasteiger partial charge in [-0.25, -0.2) is 4.98 Å². The first-order valence-corrected chi connectivity index (χ1v) is 4.98. The van der Waals surface area contributed by atoms with Crippen LogP contribution in [0.1, 0.15) is 11.9 Å². The molecule has 0 fully saturated rings. The van der Waals surface area contributed by atoms with Gasteiger partial charge in [0.05, 0.1) is 12.3 Å². The van der Waals surface area contributed by atoms with Crippen LogP contribution in [0.3, 0.4) is 0 Å². The van der Waals surface area contributed by atoms with Crippen molar-refractivity contribution >= 4 is 11.4 Å². The van der Waals surface area contributed by atoms with E-state index in [0.717, 1.165) is 0 Å². The maximum Gasteiger partial charge on any atom is 0.180 e. The Balaban J connectivity index is 2.19. The SMILES string of the molecule is Nc1ccc(OC(CO)c2ncn[nH]2)c(N)c1. The standard InChI is InChI=1S/C10H13N5O2/c11-6-1-2-8(7(12)3-6)17-9(4-16)10-13-5-14-15-10/h1-3,5,9,16H,4,11-12H2,(H,13,14,15). The fraction of sp³-hybridized carbons (Fsp3) is 0.200. The van der Waals surface area contributed by atoms with Crippen LogP contribution in [0.4, 0.5) is 11.4 Å². The number of hydrogen-bond donors (Lipinski definition) is 4. The topological polar surface area (TPSA) is 123 Å². The average molecular weight is 235 g/mol. The van der Waals surface area contributed by atoms with Crippen molar-refractivity contribution in [3.8, 4) is 5.75 Å². The molecule has 1 aromatic carbocycles. The van der Waals surface area contributed by atoms with E-state index in [9.17, 15) is 5.11 Å². The lowest BCUT2D eigenvalue weighted by molar-refractivity contribution is 0.110. The van der Waals surface area contributed by atoms with E-state index >= 15 is 0 Å². The molecular formula is C10H13N5O2. The van der Waals surface area contributed by atoms with Gasteiger partial charge in [0.25, 0.3) is 0 Å². The van der Waals surface area contributed by atoms with Gasteiger partial charge in [-0.05, 0) is 18.2 Å². The number of aromatic nitrogens is 3. The van der Waals surface area contributed by atoms with Gasteiger partial charge >= 0.3 is 0 Å². The fourth-order valence-electron chi connectivity index (χ4n) is 1.38. The zero-order valence-corrected chi connectivity index (χ0v) is 9.00. The summed E-state index contributed by atoms with van der Waals surface area (Å²) in [6, 6.07) is 4.90. The largest absolute Gasteiger partial charge is 0.478 e. The first-order valence-electron chi connectivity index (χ1n) is 4.98. The molecule has 0 spiro atoms. The van der Waals surface area contributed by atoms with Crippen molar-refractivity contribution in [3.63, 3.8) is 0 Å². The number of aliphatic hydroxyl groups excluding tert-OH is 1. The number of H-pyrrole nitrogens is 1. The van der Waals surface area contributed by atoms with Crippen molar-refractivity contribution in [2.24, 2.45) is 0 Å². The summed E-state index contributed by atoms with van der Waals surface area (Å²) in [6.45, 7) is -0.237. The van der Waals surface area contributed by atoms with Gasteiger partial charge in [0, 0.05) is 5.69 Å². The third-order valence-corrected chi connectivity index (χ3v) is 2.21. The number of nitrogens with two attached hydrogens (primary N) is 2. The minimum absolute atomic E-state index is 0.237. The molecule has 1 heterocycles. The molecule has 0 aliphatic carbocycles. The minimum atomic E-state index is -0.636. The van der Waals surface area contributed by atoms with E-state index in [2.05, 4.69) is 15.2 Å². The Labute approximate surface area is 97.4 Å². The second kappa shape index (κ2) is 4.71. The van der Waals surface area contributed by atoms with Crippen LogP contribution in [0, 0.1) is 0 Å². The van der Waals surface area contributed by atoms with Crippen molar-refractivity contribution < 1.29 is 9.84 Å². The Morgan fingerprint density at radius 3 is 2.82 bits per heavy atom. The van der Waals surface area contributed by atoms with E-state index in [1.807, 2.05) is 0 Å². The van der Waals surface area contributed by atoms with Gasteiger partial charge in [0.15, 0.2) is 11.9 Å². The Hall–Kier alpha value is -2.28. The van der Waals surface area contributed by atoms with E-state index in [1.165, 1.54) is 6.33 Å². The fourth-order valence-corrected chi connectivity index (χ4v) is 1.38. The molecule has 90 valence electrons. The second-order valence-corrected chi connectivity index (χ2v) is 3.46. The molecule has 6 N–H and O–H groups in total. The summed E-state index contributed by atoms with van der Waals surface area (Å²) < 4.78 is 5.53. The molecule has 1 aromatic heterocycles. The Kier molecular flexibility index (Phi) is 3.10. The molecule has 0 saturated heterocycles. The first kappa shape index (κ1) is 11.2. The molecule has 0 bridgehead atoms. The number of aliphatic hydroxyl groups is 1. The number of hydrogen-bond acceptors (Lipinski definition) is 6. The number of nitrogens with zero attached hydrogens (tertiary/aromatic N) is 2. The number of ether oxygens (including phenoxy) is 1. The average Bonchev–Trinajstić information content (AvgIpc) is 2.81. The van der Waals surface area contributed by atoms with Gasteiger partial charge in [-0.15, -0.1) is 0 Å². The van der Waals surface area contributed by atoms with Gasteiger partial charge in [-0.3, -0.25) is 5.10 Å². The highest BCUT2D eigenvalue weighted by molar-refractivity contribution is 5.60. The lowest BCUT2D eigenvalue weighted by atomic mass is 10.2. The molecule has 2 aromatic rings. The van der Waals surface area contributed by atoms with Crippen molar-refractivity contribution in [3.05, 3.63) is 30.4 Å². The quantitative estimate of drug-likeness (QED) is 0.556. The van der Waals surface area contributed by atoms with Gasteiger partial charge in [0.2, 0.25) is 0 Å². The van der Waals surface area contributed by atoms with Crippen molar-refractivity contribution in [1.29, 1.82) is 0 Å². The molecule has 0 radical (unpaired) electrons. The monoisotopic (exact) mass is 235 g/mol. The normalized spacial score (nSPS) is 12.3. The van der Waals surface area contributed by atoms with E-state index in [-0.39, 0.29) is 6.61 Å². The molecule has 0 aliphatic rings. The van der Waals surface area contributed by atoms with E-state index in [4.69, 9.17) is 16.2 Å². The summed E-state index contributed by atoms with van der Waals surface area (Å²) in [7, 11) is 0. The van der Waals surface area contributed by atoms with Crippen LogP contribution in [-0.2, 0) is 0 Å². The zero-order valence-electron chi connectivity index (χ0n) is 9.00. The highest BCUT2D eigenvalue weighted by Gasteiger charge is 2.16. The molecule has 2 rings (SSSR count). The van der Waals surface area contributed by atoms with Crippen LogP contribution in [0.2, 0.25) is 0 Å². The molecule has 1 unspecified atom stereocenters. The number of rotatable bonds is 4. The van der Waals surface area contributed by atoms with Crippen LogP contribution in [0.15, 0.2) is 24.5 Å². The summed E-state index contributed by atoms with van der Waals surface area (Å²) in [5.41, 5.74) is 12.3. The summed E-state index contributed by atoms with van der Waals surface area (Å²) in [5, 5.41) is 15.5. The number of anilines is 2. The smallest absolute Gasteiger partial charge is 0.180 e. The lowest BCUT2D eigenvalue weighted by Gasteiger charge is -2.15. The van der Waals surface area contributed by atoms with E-state index < -0.39 is 6.10 Å². The Morgan fingerprint density at radius 2 is 2.24 bits per heavy atom. The summed E-state index contributed by atoms with van der Waals surface area (Å²) in [6.07, 6.45) is 0.705. The highest BCUT2D eigenvalue weighted by Crippen LogP contribution is 2.27. The molecule has 1 atom stereocenters. The van der Waals surface area contributed by atoms with Crippen LogP contribution >= 0.6 is 0 Å². The predicted molar refractivity (Wildman–Crippen MR) is 62.1 cm³/mol. The van der Waals surface area contributed by atoms with Crippen LogP contribution in [-0.4, -0.2) is 26.9 Å². The van der Waals surface area contributed by atoms with Crippen molar-refractivity contribution in [2.75, 3.05) is 18.1 Å². The number of nitrogens with one attached hydrogen (secondary N) is 1. The van der Waals surface area contributed by atoms with Gasteiger partial charge < -0.3 is 21.3 Å².